The Bertz CT molecular complexity index is 669. The highest BCUT2D eigenvalue weighted by molar-refractivity contribution is 7.13. The summed E-state index contributed by atoms with van der Waals surface area (Å²) in [7, 11) is 0. The van der Waals surface area contributed by atoms with Gasteiger partial charge in [0.15, 0.2) is 5.82 Å². The molecule has 0 aliphatic carbocycles. The van der Waals surface area contributed by atoms with Crippen LogP contribution in [0.5, 0.6) is 0 Å². The lowest BCUT2D eigenvalue weighted by atomic mass is 10.0. The summed E-state index contributed by atoms with van der Waals surface area (Å²) >= 11 is 1.66. The zero-order valence-corrected chi connectivity index (χ0v) is 15.4. The third kappa shape index (κ3) is 4.26. The molecule has 0 saturated carbocycles. The van der Waals surface area contributed by atoms with Crippen molar-refractivity contribution in [2.24, 2.45) is 0 Å². The number of aromatic nitrogens is 2. The van der Waals surface area contributed by atoms with E-state index in [0.29, 0.717) is 0 Å². The molecule has 134 valence electrons. The lowest BCUT2D eigenvalue weighted by Gasteiger charge is -2.33. The van der Waals surface area contributed by atoms with Gasteiger partial charge < -0.3 is 10.0 Å². The molecule has 6 heteroatoms. The summed E-state index contributed by atoms with van der Waals surface area (Å²) in [6, 6.07) is 4.06. The molecule has 0 radical (unpaired) electrons. The topological polar surface area (TPSA) is 52.5 Å². The summed E-state index contributed by atoms with van der Waals surface area (Å²) in [6.45, 7) is 5.60. The molecule has 4 rings (SSSR count). The second-order valence-corrected chi connectivity index (χ2v) is 8.36. The first kappa shape index (κ1) is 17.1. The number of piperidine rings is 1. The largest absolute Gasteiger partial charge is 0.387 e. The summed E-state index contributed by atoms with van der Waals surface area (Å²) in [6.07, 6.45) is 8.58. The van der Waals surface area contributed by atoms with Crippen LogP contribution in [0.1, 0.15) is 31.2 Å². The lowest BCUT2D eigenvalue weighted by molar-refractivity contribution is 0.00634. The molecule has 0 amide bonds. The average molecular weight is 359 g/mol. The smallest absolute Gasteiger partial charge is 0.169 e. The maximum Gasteiger partial charge on any atom is 0.169 e. The first-order valence-electron chi connectivity index (χ1n) is 9.22. The minimum absolute atomic E-state index is 0.560. The molecule has 2 aromatic heterocycles. The number of hydrogen-bond acceptors (Lipinski definition) is 6. The monoisotopic (exact) mass is 358 g/mol. The molecule has 25 heavy (non-hydrogen) atoms. The maximum absolute atomic E-state index is 10.9. The van der Waals surface area contributed by atoms with E-state index in [9.17, 15) is 5.11 Å². The first-order chi connectivity index (χ1) is 12.2. The molecule has 5 nitrogen and oxygen atoms in total. The fourth-order valence-corrected chi connectivity index (χ4v) is 4.64. The molecule has 1 atom stereocenters. The van der Waals surface area contributed by atoms with Crippen LogP contribution in [0.2, 0.25) is 0 Å². The Morgan fingerprint density at radius 3 is 2.60 bits per heavy atom. The van der Waals surface area contributed by atoms with Crippen LogP contribution in [0.15, 0.2) is 29.9 Å². The molecule has 2 aromatic rings. The predicted octanol–water partition coefficient (Wildman–Crippen LogP) is 2.63. The first-order valence-corrected chi connectivity index (χ1v) is 10.1. The van der Waals surface area contributed by atoms with Gasteiger partial charge in [-0.25, -0.2) is 9.97 Å². The summed E-state index contributed by atoms with van der Waals surface area (Å²) in [4.78, 5) is 14.9. The van der Waals surface area contributed by atoms with Gasteiger partial charge in [0.1, 0.15) is 0 Å². The molecule has 1 N–H and O–H groups in total. The Morgan fingerprint density at radius 2 is 1.88 bits per heavy atom. The normalized spacial score (nSPS) is 25.5. The van der Waals surface area contributed by atoms with Crippen LogP contribution in [0.3, 0.4) is 0 Å². The van der Waals surface area contributed by atoms with Crippen molar-refractivity contribution in [3.05, 3.63) is 35.5 Å². The quantitative estimate of drug-likeness (QED) is 0.890. The second kappa shape index (κ2) is 7.50. The van der Waals surface area contributed by atoms with Crippen LogP contribution in [-0.2, 0) is 6.54 Å². The molecule has 0 bridgehead atoms. The summed E-state index contributed by atoms with van der Waals surface area (Å²) in [5.41, 5.74) is 0.553. The highest BCUT2D eigenvalue weighted by Gasteiger charge is 2.37. The van der Waals surface area contributed by atoms with Crippen LogP contribution in [-0.4, -0.2) is 63.2 Å². The van der Waals surface area contributed by atoms with E-state index in [1.165, 1.54) is 19.3 Å². The van der Waals surface area contributed by atoms with E-state index in [4.69, 9.17) is 0 Å². The Labute approximate surface area is 153 Å². The van der Waals surface area contributed by atoms with Crippen LogP contribution < -0.4 is 0 Å². The molecule has 0 aromatic carbocycles. The highest BCUT2D eigenvalue weighted by atomic mass is 32.1. The third-order valence-corrected chi connectivity index (χ3v) is 6.10. The summed E-state index contributed by atoms with van der Waals surface area (Å²) in [5, 5.41) is 13.0. The Morgan fingerprint density at radius 1 is 1.08 bits per heavy atom. The van der Waals surface area contributed by atoms with E-state index in [1.54, 1.807) is 11.3 Å². The Balaban J connectivity index is 1.32. The minimum atomic E-state index is -0.560. The van der Waals surface area contributed by atoms with Crippen LogP contribution in [0.25, 0.3) is 10.7 Å². The highest BCUT2D eigenvalue weighted by Crippen LogP contribution is 2.26. The van der Waals surface area contributed by atoms with Crippen molar-refractivity contribution in [2.45, 2.75) is 37.8 Å². The number of nitrogens with zero attached hydrogens (tertiary/aromatic N) is 4. The van der Waals surface area contributed by atoms with Gasteiger partial charge in [-0.05, 0) is 43.8 Å². The molecule has 2 aliphatic heterocycles. The molecular formula is C19H26N4OS. The molecule has 0 unspecified atom stereocenters. The molecule has 0 spiro atoms. The van der Waals surface area contributed by atoms with Gasteiger partial charge in [0.2, 0.25) is 0 Å². The van der Waals surface area contributed by atoms with E-state index >= 15 is 0 Å². The van der Waals surface area contributed by atoms with Crippen molar-refractivity contribution in [3.8, 4) is 10.7 Å². The fraction of sp³-hybridized carbons (Fsp3) is 0.579. The third-order valence-electron chi connectivity index (χ3n) is 5.23. The van der Waals surface area contributed by atoms with Crippen LogP contribution in [0.4, 0.5) is 0 Å². The SMILES string of the molecule is O[C@]1(CN2CCCCC2)CCN(Cc2cnc(-c3cccs3)nc2)C1. The van der Waals surface area contributed by atoms with Gasteiger partial charge in [0.05, 0.1) is 10.5 Å². The molecule has 2 fully saturated rings. The predicted molar refractivity (Wildman–Crippen MR) is 100 cm³/mol. The Kier molecular flexibility index (Phi) is 5.12. The number of β-amino-alcohol motifs (C(OH)–C–C–N with tert-alkyl or cyclic N) is 1. The van der Waals surface area contributed by atoms with Crippen molar-refractivity contribution in [1.82, 2.24) is 19.8 Å². The van der Waals surface area contributed by atoms with E-state index < -0.39 is 5.60 Å². The number of hydrogen-bond donors (Lipinski definition) is 1. The van der Waals surface area contributed by atoms with Crippen molar-refractivity contribution in [3.63, 3.8) is 0 Å². The van der Waals surface area contributed by atoms with Crippen molar-refractivity contribution < 1.29 is 5.11 Å². The van der Waals surface area contributed by atoms with Crippen LogP contribution in [0, 0.1) is 0 Å². The van der Waals surface area contributed by atoms with E-state index in [0.717, 1.165) is 62.0 Å². The summed E-state index contributed by atoms with van der Waals surface area (Å²) < 4.78 is 0. The van der Waals surface area contributed by atoms with Crippen molar-refractivity contribution in [1.29, 1.82) is 0 Å². The molecular weight excluding hydrogens is 332 g/mol. The second-order valence-electron chi connectivity index (χ2n) is 7.41. The molecule has 2 saturated heterocycles. The van der Waals surface area contributed by atoms with Crippen molar-refractivity contribution in [2.75, 3.05) is 32.7 Å². The maximum atomic E-state index is 10.9. The van der Waals surface area contributed by atoms with Crippen LogP contribution >= 0.6 is 11.3 Å². The average Bonchev–Trinajstić information content (AvgIpc) is 3.27. The zero-order valence-electron chi connectivity index (χ0n) is 14.6. The fourth-order valence-electron chi connectivity index (χ4n) is 3.97. The standard InChI is InChI=1S/C19H26N4OS/c24-19(14-22-7-2-1-3-8-22)6-9-23(15-19)13-16-11-20-18(21-12-16)17-5-4-10-25-17/h4-5,10-12,24H,1-3,6-9,13-15H2/t19-/m0/s1. The molecule has 2 aliphatic rings. The number of rotatable bonds is 5. The van der Waals surface area contributed by atoms with Gasteiger partial charge >= 0.3 is 0 Å². The minimum Gasteiger partial charge on any atom is -0.387 e. The van der Waals surface area contributed by atoms with E-state index in [1.807, 2.05) is 29.9 Å². The summed E-state index contributed by atoms with van der Waals surface area (Å²) in [5.74, 6) is 0.793. The van der Waals surface area contributed by atoms with E-state index in [-0.39, 0.29) is 0 Å². The van der Waals surface area contributed by atoms with Gasteiger partial charge in [0, 0.05) is 44.1 Å². The molecule has 4 heterocycles. The van der Waals surface area contributed by atoms with Crippen molar-refractivity contribution >= 4 is 11.3 Å². The Hall–Kier alpha value is -1.34. The van der Waals surface area contributed by atoms with Gasteiger partial charge in [-0.2, -0.15) is 0 Å². The number of likely N-dealkylation sites (tertiary alicyclic amines) is 2. The van der Waals surface area contributed by atoms with Gasteiger partial charge in [-0.15, -0.1) is 11.3 Å². The number of thiophene rings is 1. The van der Waals surface area contributed by atoms with Gasteiger partial charge in [-0.3, -0.25) is 4.90 Å². The lowest BCUT2D eigenvalue weighted by Crippen LogP contribution is -2.46. The van der Waals surface area contributed by atoms with Gasteiger partial charge in [-0.1, -0.05) is 12.5 Å². The van der Waals surface area contributed by atoms with Gasteiger partial charge in [0.25, 0.3) is 0 Å². The number of aliphatic hydroxyl groups is 1. The van der Waals surface area contributed by atoms with E-state index in [2.05, 4.69) is 19.8 Å². The zero-order chi connectivity index (χ0) is 17.1.